The highest BCUT2D eigenvalue weighted by molar-refractivity contribution is 6.12. The Bertz CT molecular complexity index is 1310. The molecule has 6 rings (SSSR count). The molecule has 2 heterocycles. The second-order valence-electron chi connectivity index (χ2n) is 9.94. The van der Waals surface area contributed by atoms with E-state index in [1.165, 1.54) is 16.7 Å². The Kier molecular flexibility index (Phi) is 3.89. The first kappa shape index (κ1) is 19.4. The van der Waals surface area contributed by atoms with Gasteiger partial charge in [-0.3, -0.25) is 14.6 Å². The monoisotopic (exact) mass is 422 g/mol. The number of aryl methyl sites for hydroxylation is 1. The molecule has 0 aromatic heterocycles. The van der Waals surface area contributed by atoms with E-state index in [1.807, 2.05) is 24.3 Å². The van der Waals surface area contributed by atoms with Crippen molar-refractivity contribution >= 4 is 23.4 Å². The number of aliphatic imine (C=N–C) groups is 1. The van der Waals surface area contributed by atoms with E-state index in [0.29, 0.717) is 11.3 Å². The minimum absolute atomic E-state index is 0.147. The van der Waals surface area contributed by atoms with E-state index >= 15 is 0 Å². The third-order valence-corrected chi connectivity index (χ3v) is 7.60. The highest BCUT2D eigenvalue weighted by atomic mass is 16.7. The van der Waals surface area contributed by atoms with Gasteiger partial charge < -0.3 is 0 Å². The molecule has 3 aromatic rings. The Morgan fingerprint density at radius 3 is 2.53 bits per heavy atom. The van der Waals surface area contributed by atoms with Crippen LogP contribution in [-0.4, -0.2) is 17.5 Å². The van der Waals surface area contributed by atoms with Gasteiger partial charge in [0.1, 0.15) is 6.10 Å². The van der Waals surface area contributed by atoms with Gasteiger partial charge in [-0.1, -0.05) is 61.0 Å². The van der Waals surface area contributed by atoms with Crippen molar-refractivity contribution in [1.82, 2.24) is 0 Å². The molecule has 3 atom stereocenters. The first-order valence-electron chi connectivity index (χ1n) is 11.2. The lowest BCUT2D eigenvalue weighted by Gasteiger charge is -2.53. The number of carbonyl (C=O) groups excluding carboxylic acids is 1. The lowest BCUT2D eigenvalue weighted by atomic mass is 9.64. The molecule has 2 bridgehead atoms. The number of para-hydroxylation sites is 2. The molecule has 32 heavy (non-hydrogen) atoms. The predicted molar refractivity (Wildman–Crippen MR) is 127 cm³/mol. The molecule has 0 saturated carbocycles. The zero-order chi connectivity index (χ0) is 22.3. The normalized spacial score (nSPS) is 27.8. The Morgan fingerprint density at radius 1 is 0.969 bits per heavy atom. The number of fused-ring (bicyclic) bond motifs is 9. The van der Waals surface area contributed by atoms with Crippen molar-refractivity contribution in [3.05, 3.63) is 94.5 Å². The number of hydrogen-bond donors (Lipinski definition) is 0. The van der Waals surface area contributed by atoms with Gasteiger partial charge in [-0.2, -0.15) is 0 Å². The molecule has 1 fully saturated rings. The maximum Gasteiger partial charge on any atom is 0.152 e. The highest BCUT2D eigenvalue weighted by Crippen LogP contribution is 2.68. The molecule has 160 valence electrons. The van der Waals surface area contributed by atoms with Gasteiger partial charge in [0.2, 0.25) is 0 Å². The van der Waals surface area contributed by atoms with Crippen LogP contribution in [-0.2, 0) is 4.84 Å². The number of anilines is 1. The molecule has 1 saturated heterocycles. The van der Waals surface area contributed by atoms with Crippen LogP contribution in [0.2, 0.25) is 0 Å². The van der Waals surface area contributed by atoms with Crippen molar-refractivity contribution < 1.29 is 9.63 Å². The Hall–Kier alpha value is -3.24. The molecule has 4 nitrogen and oxygen atoms in total. The zero-order valence-corrected chi connectivity index (χ0v) is 18.8. The molecular formula is C28H26N2O2. The van der Waals surface area contributed by atoms with Crippen molar-refractivity contribution in [2.75, 3.05) is 5.06 Å². The number of hydroxylamine groups is 1. The first-order chi connectivity index (χ1) is 15.4. The number of benzene rings is 3. The molecule has 1 aliphatic carbocycles. The Morgan fingerprint density at radius 2 is 1.72 bits per heavy atom. The second kappa shape index (κ2) is 6.39. The number of rotatable bonds is 2. The Balaban J connectivity index is 1.68. The van der Waals surface area contributed by atoms with Gasteiger partial charge in [-0.15, -0.1) is 0 Å². The van der Waals surface area contributed by atoms with Gasteiger partial charge in [0.05, 0.1) is 28.0 Å². The van der Waals surface area contributed by atoms with E-state index in [4.69, 9.17) is 9.83 Å². The summed E-state index contributed by atoms with van der Waals surface area (Å²) in [6, 6.07) is 22.7. The average Bonchev–Trinajstić information content (AvgIpc) is 3.28. The maximum absolute atomic E-state index is 11.7. The van der Waals surface area contributed by atoms with Gasteiger partial charge in [-0.05, 0) is 44.5 Å². The van der Waals surface area contributed by atoms with Crippen LogP contribution in [0.5, 0.6) is 0 Å². The molecule has 0 unspecified atom stereocenters. The lowest BCUT2D eigenvalue weighted by Crippen LogP contribution is -2.57. The zero-order valence-electron chi connectivity index (χ0n) is 18.8. The smallest absolute Gasteiger partial charge is 0.152 e. The Labute approximate surface area is 188 Å². The molecule has 3 aliphatic rings. The largest absolute Gasteiger partial charge is 0.298 e. The fourth-order valence-corrected chi connectivity index (χ4v) is 6.38. The summed E-state index contributed by atoms with van der Waals surface area (Å²) < 4.78 is 0. The highest BCUT2D eigenvalue weighted by Gasteiger charge is 2.67. The van der Waals surface area contributed by atoms with Crippen LogP contribution in [0.1, 0.15) is 65.4 Å². The van der Waals surface area contributed by atoms with E-state index in [-0.39, 0.29) is 17.6 Å². The van der Waals surface area contributed by atoms with Crippen LogP contribution in [0.15, 0.2) is 71.7 Å². The van der Waals surface area contributed by atoms with E-state index in [1.54, 1.807) is 0 Å². The van der Waals surface area contributed by atoms with E-state index in [0.717, 1.165) is 23.2 Å². The first-order valence-corrected chi connectivity index (χ1v) is 11.2. The fraction of sp³-hybridized carbons (Fsp3) is 0.286. The van der Waals surface area contributed by atoms with Crippen molar-refractivity contribution in [3.63, 3.8) is 0 Å². The molecule has 0 N–H and O–H groups in total. The summed E-state index contributed by atoms with van der Waals surface area (Å²) in [6.07, 6.45) is 0.740. The van der Waals surface area contributed by atoms with Crippen molar-refractivity contribution in [2.24, 2.45) is 10.4 Å². The molecule has 2 aliphatic heterocycles. The van der Waals surface area contributed by atoms with Gasteiger partial charge in [0, 0.05) is 22.6 Å². The van der Waals surface area contributed by atoms with Crippen LogP contribution in [0.25, 0.3) is 0 Å². The standard InChI is InChI=1S/C28H26N2O2/c1-17-13-14-19-21(15-17)24-27(2,3)30-23-12-8-6-10-20(23)26(32-30)28(24,4)25(19)29-22-11-7-5-9-18(22)16-31/h5-16,24,26H,1-4H3/t24-,26-,28+/m1/s1. The van der Waals surface area contributed by atoms with Crippen LogP contribution in [0, 0.1) is 12.3 Å². The third kappa shape index (κ3) is 2.31. The van der Waals surface area contributed by atoms with Crippen LogP contribution >= 0.6 is 0 Å². The minimum atomic E-state index is -0.390. The van der Waals surface area contributed by atoms with Crippen LogP contribution in [0.3, 0.4) is 0 Å². The van der Waals surface area contributed by atoms with Gasteiger partial charge in [-0.25, -0.2) is 5.06 Å². The van der Waals surface area contributed by atoms with E-state index in [9.17, 15) is 4.79 Å². The topological polar surface area (TPSA) is 41.9 Å². The minimum Gasteiger partial charge on any atom is -0.298 e. The van der Waals surface area contributed by atoms with Crippen molar-refractivity contribution in [2.45, 2.75) is 45.3 Å². The lowest BCUT2D eigenvalue weighted by molar-refractivity contribution is -0.0945. The molecule has 0 radical (unpaired) electrons. The van der Waals surface area contributed by atoms with Crippen LogP contribution in [0.4, 0.5) is 11.4 Å². The number of nitrogens with zero attached hydrogens (tertiary/aromatic N) is 2. The summed E-state index contributed by atoms with van der Waals surface area (Å²) in [5, 5.41) is 2.12. The van der Waals surface area contributed by atoms with E-state index in [2.05, 4.69) is 75.2 Å². The summed E-state index contributed by atoms with van der Waals surface area (Å²) in [7, 11) is 0. The number of hydrogen-bond acceptors (Lipinski definition) is 4. The molecule has 4 heteroatoms. The van der Waals surface area contributed by atoms with Crippen molar-refractivity contribution in [3.8, 4) is 0 Å². The second-order valence-corrected chi connectivity index (χ2v) is 9.94. The fourth-order valence-electron chi connectivity index (χ4n) is 6.38. The van der Waals surface area contributed by atoms with Gasteiger partial charge in [0.25, 0.3) is 0 Å². The van der Waals surface area contributed by atoms with Crippen LogP contribution < -0.4 is 5.06 Å². The number of aldehydes is 1. The number of carbonyl (C=O) groups is 1. The van der Waals surface area contributed by atoms with Gasteiger partial charge in [0.15, 0.2) is 6.29 Å². The quantitative estimate of drug-likeness (QED) is 0.454. The SMILES string of the molecule is Cc1ccc2c(c1)[C@@H]1C(C)(C)N3O[C@H](c4ccccc43)[C@]1(C)C2=Nc1ccccc1C=O. The molecular weight excluding hydrogens is 396 g/mol. The summed E-state index contributed by atoms with van der Waals surface area (Å²) in [4.78, 5) is 23.6. The molecule has 0 spiro atoms. The molecule has 0 amide bonds. The summed E-state index contributed by atoms with van der Waals surface area (Å²) >= 11 is 0. The predicted octanol–water partition coefficient (Wildman–Crippen LogP) is 6.32. The van der Waals surface area contributed by atoms with Crippen molar-refractivity contribution in [1.29, 1.82) is 0 Å². The van der Waals surface area contributed by atoms with E-state index < -0.39 is 5.41 Å². The summed E-state index contributed by atoms with van der Waals surface area (Å²) in [5.41, 5.74) is 7.68. The molecule has 3 aromatic carbocycles. The summed E-state index contributed by atoms with van der Waals surface area (Å²) in [6.45, 7) is 8.97. The van der Waals surface area contributed by atoms with Gasteiger partial charge >= 0.3 is 0 Å². The maximum atomic E-state index is 11.7. The average molecular weight is 423 g/mol. The summed E-state index contributed by atoms with van der Waals surface area (Å²) in [5.74, 6) is 0.179. The third-order valence-electron chi connectivity index (χ3n) is 7.60.